The third kappa shape index (κ3) is 9.99. The maximum absolute atomic E-state index is 11.5. The molecule has 4 rings (SSSR count). The molecule has 0 saturated heterocycles. The van der Waals surface area contributed by atoms with Gasteiger partial charge in [0.2, 0.25) is 0 Å². The summed E-state index contributed by atoms with van der Waals surface area (Å²) in [5.74, 6) is 1.69. The number of hydrogen-bond acceptors (Lipinski definition) is 14. The van der Waals surface area contributed by atoms with E-state index < -0.39 is 19.7 Å². The zero-order chi connectivity index (χ0) is 37.9. The summed E-state index contributed by atoms with van der Waals surface area (Å²) in [6.07, 6.45) is 8.25. The molecule has 4 heterocycles. The molecular formula is C30H44N14O8. The van der Waals surface area contributed by atoms with Crippen LogP contribution in [0, 0.1) is 68.2 Å². The molecule has 22 heteroatoms. The van der Waals surface area contributed by atoms with Crippen molar-refractivity contribution in [1.82, 2.24) is 48.0 Å². The molecule has 4 aromatic rings. The number of nitrogens with zero attached hydrogens (tertiary/aromatic N) is 14. The van der Waals surface area contributed by atoms with E-state index in [4.69, 9.17) is 0 Å². The van der Waals surface area contributed by atoms with Crippen molar-refractivity contribution in [2.24, 2.45) is 0 Å². The monoisotopic (exact) mass is 728 g/mol. The Balaban J connectivity index is 1.36. The van der Waals surface area contributed by atoms with E-state index in [9.17, 15) is 40.5 Å². The molecule has 0 aliphatic rings. The Hall–Kier alpha value is -5.64. The maximum Gasteiger partial charge on any atom is 0.342 e. The Labute approximate surface area is 298 Å². The first kappa shape index (κ1) is 39.2. The van der Waals surface area contributed by atoms with Crippen molar-refractivity contribution in [2.75, 3.05) is 39.3 Å². The van der Waals surface area contributed by atoms with Crippen molar-refractivity contribution in [3.05, 3.63) is 88.5 Å². The second-order valence-corrected chi connectivity index (χ2v) is 12.4. The Kier molecular flexibility index (Phi) is 13.6. The number of aromatic nitrogens is 8. The molecule has 0 aliphatic carbocycles. The van der Waals surface area contributed by atoms with Crippen molar-refractivity contribution >= 4 is 23.3 Å². The summed E-state index contributed by atoms with van der Waals surface area (Å²) >= 11 is 0. The van der Waals surface area contributed by atoms with Gasteiger partial charge >= 0.3 is 23.3 Å². The number of imidazole rings is 4. The van der Waals surface area contributed by atoms with Gasteiger partial charge in [0.15, 0.2) is 23.3 Å². The number of hydrogen-bond donors (Lipinski definition) is 0. The molecule has 22 nitrogen and oxygen atoms in total. The van der Waals surface area contributed by atoms with Crippen molar-refractivity contribution < 1.29 is 19.7 Å². The number of aryl methyl sites for hydroxylation is 4. The Morgan fingerprint density at radius 3 is 0.885 bits per heavy atom. The van der Waals surface area contributed by atoms with Crippen LogP contribution in [0.1, 0.15) is 49.0 Å². The molecule has 0 fully saturated rings. The van der Waals surface area contributed by atoms with Gasteiger partial charge in [0, 0.05) is 53.9 Å². The Bertz CT molecular complexity index is 1600. The summed E-state index contributed by atoms with van der Waals surface area (Å²) in [7, 11) is 0. The molecule has 0 bridgehead atoms. The van der Waals surface area contributed by atoms with E-state index in [-0.39, 0.29) is 23.3 Å². The SMILES string of the molecule is Cc1ncc([N+](=O)[O-])n1CCN(CCCCCCN(CCn1c([N+](=O)[O-])cnc1C)CCn1c([N+](=O)[O-])cnc1C)CCn1c([N+](=O)[O-])cnc1C. The minimum absolute atomic E-state index is 0.0984. The van der Waals surface area contributed by atoms with E-state index in [1.165, 1.54) is 24.8 Å². The molecule has 0 aromatic carbocycles. The van der Waals surface area contributed by atoms with Crippen LogP contribution >= 0.6 is 0 Å². The van der Waals surface area contributed by atoms with E-state index in [1.54, 1.807) is 46.0 Å². The fourth-order valence-corrected chi connectivity index (χ4v) is 6.17. The Morgan fingerprint density at radius 1 is 0.442 bits per heavy atom. The fraction of sp³-hybridized carbons (Fsp3) is 0.600. The summed E-state index contributed by atoms with van der Waals surface area (Å²) in [4.78, 5) is 64.8. The predicted octanol–water partition coefficient (Wildman–Crippen LogP) is 3.60. The normalized spacial score (nSPS) is 11.6. The summed E-state index contributed by atoms with van der Waals surface area (Å²) in [5, 5.41) is 46.1. The minimum atomic E-state index is -0.471. The molecule has 0 spiro atoms. The molecule has 0 saturated carbocycles. The first-order valence-electron chi connectivity index (χ1n) is 16.9. The lowest BCUT2D eigenvalue weighted by Gasteiger charge is -2.22. The second kappa shape index (κ2) is 18.0. The first-order valence-corrected chi connectivity index (χ1v) is 16.9. The quantitative estimate of drug-likeness (QED) is 0.0601. The summed E-state index contributed by atoms with van der Waals surface area (Å²) in [6.45, 7) is 11.3. The topological polar surface area (TPSA) is 250 Å². The summed E-state index contributed by atoms with van der Waals surface area (Å²) in [6, 6.07) is 0. The molecule has 52 heavy (non-hydrogen) atoms. The van der Waals surface area contributed by atoms with Crippen molar-refractivity contribution in [3.8, 4) is 0 Å². The minimum Gasteiger partial charge on any atom is -0.358 e. The molecule has 0 aliphatic heterocycles. The van der Waals surface area contributed by atoms with Crippen LogP contribution in [0.25, 0.3) is 0 Å². The van der Waals surface area contributed by atoms with Crippen LogP contribution in [0.15, 0.2) is 24.8 Å². The highest BCUT2D eigenvalue weighted by Gasteiger charge is 2.23. The number of rotatable bonds is 23. The van der Waals surface area contributed by atoms with E-state index >= 15 is 0 Å². The molecular weight excluding hydrogens is 684 g/mol. The van der Waals surface area contributed by atoms with E-state index in [1.807, 2.05) is 0 Å². The Morgan fingerprint density at radius 2 is 0.673 bits per heavy atom. The van der Waals surface area contributed by atoms with Gasteiger partial charge in [0.05, 0.1) is 0 Å². The lowest BCUT2D eigenvalue weighted by atomic mass is 10.1. The summed E-state index contributed by atoms with van der Waals surface area (Å²) < 4.78 is 6.19. The molecule has 0 N–H and O–H groups in total. The largest absolute Gasteiger partial charge is 0.358 e. The average molecular weight is 729 g/mol. The molecule has 0 unspecified atom stereocenters. The molecule has 0 atom stereocenters. The zero-order valence-corrected chi connectivity index (χ0v) is 29.7. The smallest absolute Gasteiger partial charge is 0.342 e. The third-order valence-electron chi connectivity index (χ3n) is 9.14. The van der Waals surface area contributed by atoms with E-state index in [0.29, 0.717) is 88.7 Å². The highest BCUT2D eigenvalue weighted by Crippen LogP contribution is 2.18. The van der Waals surface area contributed by atoms with Crippen molar-refractivity contribution in [2.45, 2.75) is 79.6 Å². The fourth-order valence-electron chi connectivity index (χ4n) is 6.17. The average Bonchev–Trinajstić information content (AvgIpc) is 3.86. The van der Waals surface area contributed by atoms with Crippen LogP contribution in [-0.2, 0) is 26.2 Å². The van der Waals surface area contributed by atoms with Crippen LogP contribution in [0.3, 0.4) is 0 Å². The predicted molar refractivity (Wildman–Crippen MR) is 186 cm³/mol. The van der Waals surface area contributed by atoms with Gasteiger partial charge in [-0.25, -0.2) is 38.2 Å². The molecule has 0 amide bonds. The zero-order valence-electron chi connectivity index (χ0n) is 29.7. The number of nitro groups is 4. The second-order valence-electron chi connectivity index (χ2n) is 12.4. The van der Waals surface area contributed by atoms with Gasteiger partial charge in [-0.05, 0) is 45.6 Å². The molecule has 282 valence electrons. The molecule has 4 aromatic heterocycles. The van der Waals surface area contributed by atoms with Crippen LogP contribution in [-0.4, -0.2) is 107 Å². The van der Waals surface area contributed by atoms with E-state index in [2.05, 4.69) is 29.7 Å². The lowest BCUT2D eigenvalue weighted by molar-refractivity contribution is -0.392. The first-order chi connectivity index (χ1) is 24.8. The number of unbranched alkanes of at least 4 members (excludes halogenated alkanes) is 3. The summed E-state index contributed by atoms with van der Waals surface area (Å²) in [5.41, 5.74) is 0. The maximum atomic E-state index is 11.5. The standard InChI is InChI=1S/C30H44N14O8/c1-23-31-19-27(41(45)46)37(23)15-11-35(12-16-38-24(2)32-20-28(38)42(47)48)9-7-5-6-8-10-36(13-17-39-25(3)33-21-29(39)43(49)50)14-18-40-26(4)34-22-30(40)44(51)52/h19-22H,5-18H2,1-4H3. The van der Waals surface area contributed by atoms with Gasteiger partial charge in [-0.1, -0.05) is 12.8 Å². The van der Waals surface area contributed by atoms with Crippen molar-refractivity contribution in [3.63, 3.8) is 0 Å². The highest BCUT2D eigenvalue weighted by molar-refractivity contribution is 5.21. The highest BCUT2D eigenvalue weighted by atomic mass is 16.6. The third-order valence-corrected chi connectivity index (χ3v) is 9.14. The van der Waals surface area contributed by atoms with E-state index in [0.717, 1.165) is 25.7 Å². The van der Waals surface area contributed by atoms with Gasteiger partial charge in [-0.3, -0.25) is 9.80 Å². The van der Waals surface area contributed by atoms with Crippen LogP contribution in [0.4, 0.5) is 23.3 Å². The van der Waals surface area contributed by atoms with Gasteiger partial charge < -0.3 is 40.5 Å². The van der Waals surface area contributed by atoms with Gasteiger partial charge in [-0.2, -0.15) is 0 Å². The van der Waals surface area contributed by atoms with Crippen molar-refractivity contribution in [1.29, 1.82) is 0 Å². The van der Waals surface area contributed by atoms with Gasteiger partial charge in [0.1, 0.15) is 51.0 Å². The molecule has 0 radical (unpaired) electrons. The van der Waals surface area contributed by atoms with Crippen LogP contribution in [0.5, 0.6) is 0 Å². The van der Waals surface area contributed by atoms with Gasteiger partial charge in [-0.15, -0.1) is 0 Å². The van der Waals surface area contributed by atoms with Crippen LogP contribution < -0.4 is 0 Å². The van der Waals surface area contributed by atoms with Crippen LogP contribution in [0.2, 0.25) is 0 Å². The van der Waals surface area contributed by atoms with Gasteiger partial charge in [0.25, 0.3) is 0 Å². The lowest BCUT2D eigenvalue weighted by Crippen LogP contribution is -2.33.